The van der Waals surface area contributed by atoms with Gasteiger partial charge in [-0.1, -0.05) is 226 Å². The average molecular weight is 730 g/mol. The molecular weight excluding hydrogens is 649 g/mol. The molecule has 0 saturated carbocycles. The van der Waals surface area contributed by atoms with E-state index in [1.807, 2.05) is 0 Å². The second kappa shape index (κ2) is 28.3. The van der Waals surface area contributed by atoms with E-state index >= 15 is 0 Å². The van der Waals surface area contributed by atoms with Crippen molar-refractivity contribution < 1.29 is 4.48 Å². The standard InChI is InChI=1S/C28H60N.C24H20B/c1-5-9-13-17-21-25-29(26-22-18-14-10-6-2,27-23-19-15-11-7-3)28-24-20-16-12-8-4;1-5-13-21(14-6-1)25(22-15-7-2-8-16-22,23-17-9-3-10-18-23)24-19-11-4-12-20-24/h5-28H2,1-4H3;1-20H/q+1;-1. The molecule has 1 nitrogen and oxygen atoms in total. The monoisotopic (exact) mass is 730 g/mol. The molecule has 4 aromatic carbocycles. The zero-order valence-corrected chi connectivity index (χ0v) is 35.5. The Morgan fingerprint density at radius 1 is 0.278 bits per heavy atom. The molecule has 296 valence electrons. The summed E-state index contributed by atoms with van der Waals surface area (Å²) < 4.78 is 1.47. The molecule has 0 aliphatic heterocycles. The van der Waals surface area contributed by atoms with Crippen LogP contribution < -0.4 is 21.9 Å². The Kier molecular flexibility index (Phi) is 23.8. The summed E-state index contributed by atoms with van der Waals surface area (Å²) in [4.78, 5) is 0. The van der Waals surface area contributed by atoms with E-state index in [1.165, 1.54) is 181 Å². The third-order valence-electron chi connectivity index (χ3n) is 12.1. The maximum Gasteiger partial charge on any atom is 0.108 e. The van der Waals surface area contributed by atoms with Gasteiger partial charge < -0.3 is 4.48 Å². The van der Waals surface area contributed by atoms with Gasteiger partial charge in [0.2, 0.25) is 0 Å². The van der Waals surface area contributed by atoms with Crippen molar-refractivity contribution in [1.82, 2.24) is 0 Å². The highest BCUT2D eigenvalue weighted by Gasteiger charge is 2.31. The fourth-order valence-electron chi connectivity index (χ4n) is 9.00. The first-order valence-corrected chi connectivity index (χ1v) is 22.9. The lowest BCUT2D eigenvalue weighted by atomic mass is 9.13. The number of hydrogen-bond donors (Lipinski definition) is 0. The highest BCUT2D eigenvalue weighted by atomic mass is 15.3. The Balaban J connectivity index is 0.000000292. The summed E-state index contributed by atoms with van der Waals surface area (Å²) in [5.74, 6) is 0. The van der Waals surface area contributed by atoms with Gasteiger partial charge in [-0.25, -0.2) is 0 Å². The van der Waals surface area contributed by atoms with Crippen LogP contribution in [0.15, 0.2) is 121 Å². The van der Waals surface area contributed by atoms with Crippen LogP contribution >= 0.6 is 0 Å². The van der Waals surface area contributed by atoms with Gasteiger partial charge in [-0.15, -0.1) is 0 Å². The molecule has 4 aromatic rings. The van der Waals surface area contributed by atoms with Crippen LogP contribution in [0.3, 0.4) is 0 Å². The molecule has 2 heteroatoms. The molecule has 0 radical (unpaired) electrons. The number of benzene rings is 4. The third-order valence-corrected chi connectivity index (χ3v) is 12.1. The summed E-state index contributed by atoms with van der Waals surface area (Å²) in [6, 6.07) is 43.5. The zero-order chi connectivity index (χ0) is 38.4. The van der Waals surface area contributed by atoms with Gasteiger partial charge in [-0.2, -0.15) is 21.9 Å². The fourth-order valence-corrected chi connectivity index (χ4v) is 9.00. The number of rotatable bonds is 28. The van der Waals surface area contributed by atoms with Crippen LogP contribution in [0.2, 0.25) is 0 Å². The third kappa shape index (κ3) is 15.6. The molecule has 0 aliphatic rings. The lowest BCUT2D eigenvalue weighted by molar-refractivity contribution is -0.929. The molecule has 0 bridgehead atoms. The first-order valence-electron chi connectivity index (χ1n) is 22.9. The predicted octanol–water partition coefficient (Wildman–Crippen LogP) is 12.7. The largest absolute Gasteiger partial charge is 0.324 e. The highest BCUT2D eigenvalue weighted by Crippen LogP contribution is 2.20. The number of quaternary nitrogens is 1. The van der Waals surface area contributed by atoms with E-state index in [4.69, 9.17) is 0 Å². The number of hydrogen-bond acceptors (Lipinski definition) is 0. The van der Waals surface area contributed by atoms with E-state index in [0.717, 1.165) is 0 Å². The Morgan fingerprint density at radius 2 is 0.481 bits per heavy atom. The van der Waals surface area contributed by atoms with Gasteiger partial charge in [0.25, 0.3) is 0 Å². The van der Waals surface area contributed by atoms with Crippen LogP contribution in [0.5, 0.6) is 0 Å². The minimum absolute atomic E-state index is 1.22. The smallest absolute Gasteiger partial charge is 0.108 e. The Morgan fingerprint density at radius 3 is 0.685 bits per heavy atom. The molecule has 0 fully saturated rings. The summed E-state index contributed by atoms with van der Waals surface area (Å²) in [6.07, 6.45) is 27.6. The molecule has 0 unspecified atom stereocenters. The minimum atomic E-state index is -1.22. The van der Waals surface area contributed by atoms with Crippen molar-refractivity contribution >= 4 is 28.0 Å². The van der Waals surface area contributed by atoms with Crippen LogP contribution in [0.1, 0.15) is 156 Å². The first-order chi connectivity index (χ1) is 26.7. The van der Waals surface area contributed by atoms with Crippen molar-refractivity contribution in [3.05, 3.63) is 121 Å². The second-order valence-electron chi connectivity index (χ2n) is 16.4. The molecule has 0 amide bonds. The van der Waals surface area contributed by atoms with E-state index in [0.29, 0.717) is 0 Å². The Labute approximate surface area is 334 Å². The Bertz CT molecular complexity index is 1180. The van der Waals surface area contributed by atoms with Gasteiger partial charge in [-0.05, 0) is 51.4 Å². The van der Waals surface area contributed by atoms with E-state index < -0.39 is 6.15 Å². The lowest BCUT2D eigenvalue weighted by Crippen LogP contribution is -2.74. The topological polar surface area (TPSA) is 0 Å². The molecule has 0 saturated heterocycles. The van der Waals surface area contributed by atoms with Crippen molar-refractivity contribution in [1.29, 1.82) is 0 Å². The molecule has 0 aromatic heterocycles. The van der Waals surface area contributed by atoms with Gasteiger partial charge in [0.15, 0.2) is 0 Å². The van der Waals surface area contributed by atoms with Gasteiger partial charge in [0, 0.05) is 0 Å². The average Bonchev–Trinajstić information content (AvgIpc) is 3.23. The molecular formula is C52H80BN. The van der Waals surface area contributed by atoms with Crippen LogP contribution in [0, 0.1) is 0 Å². The SMILES string of the molecule is CCCCCCC[N+](CCCCCCC)(CCCCCCC)CCCCCCC.c1ccc([B-](c2ccccc2)(c2ccccc2)c2ccccc2)cc1. The van der Waals surface area contributed by atoms with Crippen molar-refractivity contribution in [2.45, 2.75) is 156 Å². The van der Waals surface area contributed by atoms with Crippen molar-refractivity contribution in [3.8, 4) is 0 Å². The van der Waals surface area contributed by atoms with Crippen molar-refractivity contribution in [2.24, 2.45) is 0 Å². The molecule has 4 rings (SSSR count). The quantitative estimate of drug-likeness (QED) is 0.0310. The minimum Gasteiger partial charge on any atom is -0.324 e. The highest BCUT2D eigenvalue weighted by molar-refractivity contribution is 7.19. The lowest BCUT2D eigenvalue weighted by Gasteiger charge is -2.44. The van der Waals surface area contributed by atoms with E-state index in [2.05, 4.69) is 149 Å². The molecule has 0 atom stereocenters. The summed E-state index contributed by atoms with van der Waals surface area (Å²) in [5, 5.41) is 0. The molecule has 0 spiro atoms. The number of nitrogens with zero attached hydrogens (tertiary/aromatic N) is 1. The maximum atomic E-state index is 2.34. The predicted molar refractivity (Wildman–Crippen MR) is 245 cm³/mol. The van der Waals surface area contributed by atoms with Gasteiger partial charge in [0.05, 0.1) is 26.2 Å². The summed E-state index contributed by atoms with van der Waals surface area (Å²) in [6.45, 7) is 15.2. The van der Waals surface area contributed by atoms with E-state index in [1.54, 1.807) is 0 Å². The molecule has 0 N–H and O–H groups in total. The normalized spacial score (nSPS) is 11.6. The zero-order valence-electron chi connectivity index (χ0n) is 35.5. The van der Waals surface area contributed by atoms with Crippen molar-refractivity contribution in [3.63, 3.8) is 0 Å². The summed E-state index contributed by atoms with van der Waals surface area (Å²) >= 11 is 0. The van der Waals surface area contributed by atoms with E-state index in [9.17, 15) is 0 Å². The van der Waals surface area contributed by atoms with Crippen LogP contribution in [-0.4, -0.2) is 36.8 Å². The van der Waals surface area contributed by atoms with Crippen molar-refractivity contribution in [2.75, 3.05) is 26.2 Å². The molecule has 0 aliphatic carbocycles. The summed E-state index contributed by atoms with van der Waals surface area (Å²) in [7, 11) is 0. The van der Waals surface area contributed by atoms with E-state index in [-0.39, 0.29) is 0 Å². The molecule has 54 heavy (non-hydrogen) atoms. The molecule has 0 heterocycles. The first kappa shape index (κ1) is 45.3. The summed E-state index contributed by atoms with van der Waals surface area (Å²) in [5.41, 5.74) is 5.36. The van der Waals surface area contributed by atoms with Crippen LogP contribution in [-0.2, 0) is 0 Å². The van der Waals surface area contributed by atoms with Gasteiger partial charge in [-0.3, -0.25) is 0 Å². The Hall–Kier alpha value is -3.10. The van der Waals surface area contributed by atoms with Gasteiger partial charge in [0.1, 0.15) is 6.15 Å². The van der Waals surface area contributed by atoms with Crippen LogP contribution in [0.25, 0.3) is 0 Å². The second-order valence-corrected chi connectivity index (χ2v) is 16.4. The van der Waals surface area contributed by atoms with Crippen LogP contribution in [0.4, 0.5) is 0 Å². The number of unbranched alkanes of at least 4 members (excludes halogenated alkanes) is 16. The maximum absolute atomic E-state index is 2.34. The van der Waals surface area contributed by atoms with Gasteiger partial charge >= 0.3 is 0 Å². The fraction of sp³-hybridized carbons (Fsp3) is 0.538.